The molecule has 1 saturated carbocycles. The van der Waals surface area contributed by atoms with Crippen LogP contribution in [-0.4, -0.2) is 15.7 Å². The summed E-state index contributed by atoms with van der Waals surface area (Å²) in [5.74, 6) is 2.62. The fourth-order valence-corrected chi connectivity index (χ4v) is 2.45. The van der Waals surface area contributed by atoms with Crippen molar-refractivity contribution >= 4 is 23.4 Å². The average Bonchev–Trinajstić information content (AvgIpc) is 3.03. The molecular formula is C11H15ClN2S. The van der Waals surface area contributed by atoms with Crippen molar-refractivity contribution in [3.05, 3.63) is 16.5 Å². The molecule has 1 aliphatic rings. The predicted octanol–water partition coefficient (Wildman–Crippen LogP) is 3.82. The second kappa shape index (κ2) is 4.71. The monoisotopic (exact) mass is 242 g/mol. The third-order valence-electron chi connectivity index (χ3n) is 2.44. The highest BCUT2D eigenvalue weighted by atomic mass is 35.5. The SMILES string of the molecule is CCCSc1nc(C2CC2)nc(Cl)c1C. The van der Waals surface area contributed by atoms with E-state index in [1.807, 2.05) is 6.92 Å². The minimum atomic E-state index is 0.573. The van der Waals surface area contributed by atoms with Crippen molar-refractivity contribution in [1.82, 2.24) is 9.97 Å². The van der Waals surface area contributed by atoms with Gasteiger partial charge in [-0.15, -0.1) is 11.8 Å². The summed E-state index contributed by atoms with van der Waals surface area (Å²) in [6.07, 6.45) is 3.60. The lowest BCUT2D eigenvalue weighted by Crippen LogP contribution is -1.98. The molecule has 1 aliphatic carbocycles. The van der Waals surface area contributed by atoms with Gasteiger partial charge in [-0.2, -0.15) is 0 Å². The Hall–Kier alpha value is -0.280. The first-order valence-corrected chi connectivity index (χ1v) is 6.75. The zero-order valence-electron chi connectivity index (χ0n) is 9.09. The van der Waals surface area contributed by atoms with Gasteiger partial charge in [-0.05, 0) is 31.9 Å². The molecule has 0 radical (unpaired) electrons. The number of hydrogen-bond donors (Lipinski definition) is 0. The van der Waals surface area contributed by atoms with Crippen molar-refractivity contribution in [1.29, 1.82) is 0 Å². The quantitative estimate of drug-likeness (QED) is 0.593. The fourth-order valence-electron chi connectivity index (χ4n) is 1.35. The van der Waals surface area contributed by atoms with Crippen LogP contribution in [0, 0.1) is 6.92 Å². The number of thioether (sulfide) groups is 1. The normalized spacial score (nSPS) is 15.7. The largest absolute Gasteiger partial charge is 0.226 e. The number of nitrogens with zero attached hydrogens (tertiary/aromatic N) is 2. The van der Waals surface area contributed by atoms with Gasteiger partial charge in [-0.3, -0.25) is 0 Å². The second-order valence-corrected chi connectivity index (χ2v) is 5.37. The number of aromatic nitrogens is 2. The minimum Gasteiger partial charge on any atom is -0.226 e. The first kappa shape index (κ1) is 11.2. The molecule has 0 atom stereocenters. The van der Waals surface area contributed by atoms with Crippen molar-refractivity contribution in [3.63, 3.8) is 0 Å². The zero-order chi connectivity index (χ0) is 10.8. The van der Waals surface area contributed by atoms with E-state index in [0.29, 0.717) is 11.1 Å². The molecule has 15 heavy (non-hydrogen) atoms. The summed E-state index contributed by atoms with van der Waals surface area (Å²) in [6.45, 7) is 4.17. The smallest absolute Gasteiger partial charge is 0.136 e. The molecule has 1 aromatic heterocycles. The van der Waals surface area contributed by atoms with Crippen LogP contribution in [0.1, 0.15) is 43.5 Å². The molecule has 1 fully saturated rings. The summed E-state index contributed by atoms with van der Waals surface area (Å²) < 4.78 is 0. The van der Waals surface area contributed by atoms with Crippen LogP contribution in [0.3, 0.4) is 0 Å². The molecule has 0 bridgehead atoms. The van der Waals surface area contributed by atoms with Crippen LogP contribution in [0.25, 0.3) is 0 Å². The van der Waals surface area contributed by atoms with Gasteiger partial charge in [0.05, 0.1) is 0 Å². The molecule has 0 N–H and O–H groups in total. The van der Waals surface area contributed by atoms with Gasteiger partial charge in [0.15, 0.2) is 0 Å². The lowest BCUT2D eigenvalue weighted by atomic mass is 10.3. The van der Waals surface area contributed by atoms with Crippen molar-refractivity contribution in [2.75, 3.05) is 5.75 Å². The molecule has 0 unspecified atom stereocenters. The molecule has 2 nitrogen and oxygen atoms in total. The maximum atomic E-state index is 6.11. The summed E-state index contributed by atoms with van der Waals surface area (Å²) in [6, 6.07) is 0. The molecule has 0 aliphatic heterocycles. The highest BCUT2D eigenvalue weighted by molar-refractivity contribution is 7.99. The van der Waals surface area contributed by atoms with Crippen LogP contribution in [0.2, 0.25) is 5.15 Å². The summed E-state index contributed by atoms with van der Waals surface area (Å²) in [5.41, 5.74) is 1.03. The lowest BCUT2D eigenvalue weighted by molar-refractivity contribution is 0.861. The highest BCUT2D eigenvalue weighted by Crippen LogP contribution is 2.39. The van der Waals surface area contributed by atoms with Crippen LogP contribution in [0.4, 0.5) is 0 Å². The second-order valence-electron chi connectivity index (χ2n) is 3.93. The van der Waals surface area contributed by atoms with Crippen LogP contribution in [0.15, 0.2) is 5.03 Å². The van der Waals surface area contributed by atoms with Crippen molar-refractivity contribution in [2.45, 2.75) is 44.1 Å². The van der Waals surface area contributed by atoms with Crippen LogP contribution in [0.5, 0.6) is 0 Å². The van der Waals surface area contributed by atoms with Gasteiger partial charge in [0, 0.05) is 11.5 Å². The maximum absolute atomic E-state index is 6.11. The van der Waals surface area contributed by atoms with Crippen LogP contribution < -0.4 is 0 Å². The molecule has 1 aromatic rings. The van der Waals surface area contributed by atoms with Gasteiger partial charge in [0.2, 0.25) is 0 Å². The van der Waals surface area contributed by atoms with Crippen molar-refractivity contribution in [2.24, 2.45) is 0 Å². The standard InChI is InChI=1S/C11H15ClN2S/c1-3-6-15-11-7(2)9(12)13-10(14-11)8-4-5-8/h8H,3-6H2,1-2H3. The summed E-state index contributed by atoms with van der Waals surface area (Å²) in [7, 11) is 0. The average molecular weight is 243 g/mol. The predicted molar refractivity (Wildman–Crippen MR) is 64.8 cm³/mol. The Labute approximate surface area is 99.8 Å². The fraction of sp³-hybridized carbons (Fsp3) is 0.636. The first-order valence-electron chi connectivity index (χ1n) is 5.39. The Morgan fingerprint density at radius 3 is 2.73 bits per heavy atom. The van der Waals surface area contributed by atoms with Gasteiger partial charge in [-0.25, -0.2) is 9.97 Å². The summed E-state index contributed by atoms with van der Waals surface area (Å²) in [5, 5.41) is 1.70. The van der Waals surface area contributed by atoms with E-state index >= 15 is 0 Å². The van der Waals surface area contributed by atoms with E-state index < -0.39 is 0 Å². The molecule has 0 saturated heterocycles. The summed E-state index contributed by atoms with van der Waals surface area (Å²) >= 11 is 7.89. The molecule has 0 amide bonds. The van der Waals surface area contributed by atoms with E-state index in [-0.39, 0.29) is 0 Å². The van der Waals surface area contributed by atoms with Gasteiger partial charge >= 0.3 is 0 Å². The van der Waals surface area contributed by atoms with Crippen molar-refractivity contribution < 1.29 is 0 Å². The van der Waals surface area contributed by atoms with Gasteiger partial charge in [0.1, 0.15) is 16.0 Å². The van der Waals surface area contributed by atoms with E-state index in [9.17, 15) is 0 Å². The molecule has 1 heterocycles. The minimum absolute atomic E-state index is 0.573. The topological polar surface area (TPSA) is 25.8 Å². The third-order valence-corrected chi connectivity index (χ3v) is 4.10. The van der Waals surface area contributed by atoms with E-state index in [0.717, 1.165) is 28.6 Å². The maximum Gasteiger partial charge on any atom is 0.136 e. The molecule has 0 aromatic carbocycles. The van der Waals surface area contributed by atoms with Crippen LogP contribution in [-0.2, 0) is 0 Å². The third kappa shape index (κ3) is 2.64. The van der Waals surface area contributed by atoms with E-state index in [2.05, 4.69) is 16.9 Å². The number of rotatable bonds is 4. The van der Waals surface area contributed by atoms with Gasteiger partial charge < -0.3 is 0 Å². The Morgan fingerprint density at radius 1 is 1.40 bits per heavy atom. The number of hydrogen-bond acceptors (Lipinski definition) is 3. The van der Waals surface area contributed by atoms with Crippen LogP contribution >= 0.6 is 23.4 Å². The molecule has 0 spiro atoms. The molecule has 82 valence electrons. The Bertz CT molecular complexity index is 364. The van der Waals surface area contributed by atoms with Crippen molar-refractivity contribution in [3.8, 4) is 0 Å². The Morgan fingerprint density at radius 2 is 2.13 bits per heavy atom. The molecular weight excluding hydrogens is 228 g/mol. The molecule has 2 rings (SSSR count). The van der Waals surface area contributed by atoms with E-state index in [1.165, 1.54) is 12.8 Å². The van der Waals surface area contributed by atoms with Gasteiger partial charge in [-0.1, -0.05) is 18.5 Å². The van der Waals surface area contributed by atoms with E-state index in [1.54, 1.807) is 11.8 Å². The highest BCUT2D eigenvalue weighted by Gasteiger charge is 2.27. The Kier molecular flexibility index (Phi) is 3.52. The zero-order valence-corrected chi connectivity index (χ0v) is 10.7. The lowest BCUT2D eigenvalue weighted by Gasteiger charge is -2.07. The number of halogens is 1. The van der Waals surface area contributed by atoms with E-state index in [4.69, 9.17) is 11.6 Å². The Balaban J connectivity index is 2.25. The summed E-state index contributed by atoms with van der Waals surface area (Å²) in [4.78, 5) is 8.94. The first-order chi connectivity index (χ1) is 7.22. The van der Waals surface area contributed by atoms with Gasteiger partial charge in [0.25, 0.3) is 0 Å². The molecule has 4 heteroatoms.